The molecule has 0 aliphatic carbocycles. The lowest BCUT2D eigenvalue weighted by Gasteiger charge is -2.27. The maximum Gasteiger partial charge on any atom is 0.124 e. The fourth-order valence-electron chi connectivity index (χ4n) is 3.36. The number of aromatic nitrogens is 2. The van der Waals surface area contributed by atoms with Gasteiger partial charge in [0.1, 0.15) is 5.75 Å². The lowest BCUT2D eigenvalue weighted by molar-refractivity contribution is 0.276. The Balaban J connectivity index is 1.75. The molecule has 1 aliphatic rings. The summed E-state index contributed by atoms with van der Waals surface area (Å²) in [5.41, 5.74) is 3.77. The third kappa shape index (κ3) is 3.79. The van der Waals surface area contributed by atoms with Crippen LogP contribution in [0.3, 0.4) is 0 Å². The smallest absolute Gasteiger partial charge is 0.124 e. The maximum absolute atomic E-state index is 5.94. The van der Waals surface area contributed by atoms with Crippen LogP contribution in [-0.2, 0) is 7.05 Å². The van der Waals surface area contributed by atoms with Gasteiger partial charge in [-0.2, -0.15) is 5.10 Å². The molecule has 3 rings (SSSR count). The Labute approximate surface area is 144 Å². The number of fused-ring (bicyclic) bond motifs is 1. The second-order valence-electron chi connectivity index (χ2n) is 6.92. The van der Waals surface area contributed by atoms with Crippen molar-refractivity contribution in [3.63, 3.8) is 0 Å². The van der Waals surface area contributed by atoms with Gasteiger partial charge in [0.25, 0.3) is 0 Å². The van der Waals surface area contributed by atoms with E-state index in [4.69, 9.17) is 4.74 Å². The molecule has 5 nitrogen and oxygen atoms in total. The molecule has 5 heteroatoms. The van der Waals surface area contributed by atoms with Crippen LogP contribution in [0.15, 0.2) is 30.6 Å². The summed E-state index contributed by atoms with van der Waals surface area (Å²) >= 11 is 0. The van der Waals surface area contributed by atoms with E-state index in [1.807, 2.05) is 17.9 Å². The highest BCUT2D eigenvalue weighted by molar-refractivity contribution is 5.40. The molecule has 2 aromatic rings. The van der Waals surface area contributed by atoms with Gasteiger partial charge in [0.2, 0.25) is 0 Å². The van der Waals surface area contributed by atoms with Gasteiger partial charge >= 0.3 is 0 Å². The topological polar surface area (TPSA) is 42.3 Å². The number of nitrogens with zero attached hydrogens (tertiary/aromatic N) is 3. The van der Waals surface area contributed by atoms with Crippen molar-refractivity contribution in [1.29, 1.82) is 0 Å². The second-order valence-corrected chi connectivity index (χ2v) is 6.92. The van der Waals surface area contributed by atoms with Crippen molar-refractivity contribution in [2.45, 2.75) is 31.8 Å². The minimum atomic E-state index is 0.303. The number of hydrogen-bond acceptors (Lipinski definition) is 4. The molecule has 0 amide bonds. The molecule has 0 saturated heterocycles. The van der Waals surface area contributed by atoms with Gasteiger partial charge < -0.3 is 15.0 Å². The van der Waals surface area contributed by atoms with Crippen LogP contribution in [-0.4, -0.2) is 41.9 Å². The quantitative estimate of drug-likeness (QED) is 0.916. The molecule has 0 fully saturated rings. The van der Waals surface area contributed by atoms with Gasteiger partial charge in [-0.25, -0.2) is 0 Å². The van der Waals surface area contributed by atoms with Crippen molar-refractivity contribution in [3.8, 4) is 5.75 Å². The fraction of sp³-hybridized carbons (Fsp3) is 0.526. The predicted molar refractivity (Wildman–Crippen MR) is 96.3 cm³/mol. The summed E-state index contributed by atoms with van der Waals surface area (Å²) in [7, 11) is 6.20. The van der Waals surface area contributed by atoms with E-state index in [2.05, 4.69) is 60.7 Å². The first-order chi connectivity index (χ1) is 11.5. The van der Waals surface area contributed by atoms with Gasteiger partial charge in [0.15, 0.2) is 0 Å². The summed E-state index contributed by atoms with van der Waals surface area (Å²) in [5.74, 6) is 1.03. The van der Waals surface area contributed by atoms with Gasteiger partial charge in [0.05, 0.1) is 12.8 Å². The molecule has 0 unspecified atom stereocenters. The average molecular weight is 328 g/mol. The van der Waals surface area contributed by atoms with E-state index in [-0.39, 0.29) is 0 Å². The van der Waals surface area contributed by atoms with Crippen molar-refractivity contribution in [3.05, 3.63) is 47.3 Å². The van der Waals surface area contributed by atoms with Crippen LogP contribution in [0.1, 0.15) is 41.6 Å². The third-order valence-corrected chi connectivity index (χ3v) is 4.73. The van der Waals surface area contributed by atoms with Gasteiger partial charge in [-0.05, 0) is 45.5 Å². The molecule has 24 heavy (non-hydrogen) atoms. The number of benzene rings is 1. The van der Waals surface area contributed by atoms with Gasteiger partial charge in [-0.1, -0.05) is 12.1 Å². The zero-order valence-corrected chi connectivity index (χ0v) is 15.1. The zero-order valence-electron chi connectivity index (χ0n) is 15.1. The maximum atomic E-state index is 5.94. The van der Waals surface area contributed by atoms with E-state index in [0.717, 1.165) is 31.7 Å². The number of nitrogens with one attached hydrogen (secondary N) is 1. The van der Waals surface area contributed by atoms with Gasteiger partial charge in [0, 0.05) is 43.0 Å². The lowest BCUT2D eigenvalue weighted by atomic mass is 10.00. The van der Waals surface area contributed by atoms with Crippen LogP contribution in [0.5, 0.6) is 5.75 Å². The first kappa shape index (κ1) is 17.0. The average Bonchev–Trinajstić information content (AvgIpc) is 2.85. The molecule has 130 valence electrons. The van der Waals surface area contributed by atoms with Crippen molar-refractivity contribution < 1.29 is 4.74 Å². The Morgan fingerprint density at radius 3 is 2.96 bits per heavy atom. The second kappa shape index (κ2) is 7.36. The molecular formula is C19H28N4O. The van der Waals surface area contributed by atoms with Crippen molar-refractivity contribution >= 4 is 0 Å². The van der Waals surface area contributed by atoms with Crippen molar-refractivity contribution in [1.82, 2.24) is 20.0 Å². The van der Waals surface area contributed by atoms with E-state index in [9.17, 15) is 0 Å². The van der Waals surface area contributed by atoms with Crippen LogP contribution >= 0.6 is 0 Å². The standard InChI is InChI=1S/C19H28N4O/c1-14-7-8-16-17(6-5-9-24-19(16)10-14)20-12-18(22(2)3)15-11-21-23(4)13-15/h7-8,10-11,13,17-18,20H,5-6,9,12H2,1-4H3/t17-,18+/m0/s1. The zero-order chi connectivity index (χ0) is 17.1. The molecule has 2 heterocycles. The van der Waals surface area contributed by atoms with Gasteiger partial charge in [-0.15, -0.1) is 0 Å². The van der Waals surface area contributed by atoms with Crippen molar-refractivity contribution in [2.75, 3.05) is 27.2 Å². The van der Waals surface area contributed by atoms with Crippen LogP contribution in [0, 0.1) is 6.92 Å². The Morgan fingerprint density at radius 1 is 1.42 bits per heavy atom. The molecule has 0 saturated carbocycles. The fourth-order valence-corrected chi connectivity index (χ4v) is 3.36. The molecule has 1 aromatic carbocycles. The lowest BCUT2D eigenvalue weighted by Crippen LogP contribution is -2.33. The summed E-state index contributed by atoms with van der Waals surface area (Å²) < 4.78 is 7.80. The monoisotopic (exact) mass is 328 g/mol. The molecule has 1 aromatic heterocycles. The normalized spacial score (nSPS) is 18.8. The molecular weight excluding hydrogens is 300 g/mol. The molecule has 0 radical (unpaired) electrons. The molecule has 2 atom stereocenters. The third-order valence-electron chi connectivity index (χ3n) is 4.73. The number of likely N-dealkylation sites (N-methyl/N-ethyl adjacent to an activating group) is 1. The number of rotatable bonds is 5. The Kier molecular flexibility index (Phi) is 5.21. The minimum Gasteiger partial charge on any atom is -0.493 e. The Morgan fingerprint density at radius 2 is 2.25 bits per heavy atom. The molecule has 0 spiro atoms. The van der Waals surface area contributed by atoms with E-state index in [0.29, 0.717) is 12.1 Å². The summed E-state index contributed by atoms with van der Waals surface area (Å²) in [6.45, 7) is 3.80. The SMILES string of the molecule is Cc1ccc2c(c1)OCCC[C@@H]2NC[C@H](c1cnn(C)c1)N(C)C. The van der Waals surface area contributed by atoms with Crippen LogP contribution < -0.4 is 10.1 Å². The predicted octanol–water partition coefficient (Wildman–Crippen LogP) is 2.83. The number of ether oxygens (including phenoxy) is 1. The Bertz CT molecular complexity index is 680. The number of hydrogen-bond donors (Lipinski definition) is 1. The van der Waals surface area contributed by atoms with E-state index >= 15 is 0 Å². The summed E-state index contributed by atoms with van der Waals surface area (Å²) in [5, 5.41) is 8.09. The van der Waals surface area contributed by atoms with Crippen LogP contribution in [0.4, 0.5) is 0 Å². The highest BCUT2D eigenvalue weighted by atomic mass is 16.5. The van der Waals surface area contributed by atoms with E-state index in [1.54, 1.807) is 0 Å². The van der Waals surface area contributed by atoms with Gasteiger partial charge in [-0.3, -0.25) is 4.68 Å². The largest absolute Gasteiger partial charge is 0.493 e. The highest BCUT2D eigenvalue weighted by Gasteiger charge is 2.22. The van der Waals surface area contributed by atoms with E-state index < -0.39 is 0 Å². The first-order valence-electron chi connectivity index (χ1n) is 8.66. The van der Waals surface area contributed by atoms with Crippen LogP contribution in [0.25, 0.3) is 0 Å². The molecule has 0 bridgehead atoms. The van der Waals surface area contributed by atoms with Crippen LogP contribution in [0.2, 0.25) is 0 Å². The highest BCUT2D eigenvalue weighted by Crippen LogP contribution is 2.32. The summed E-state index contributed by atoms with van der Waals surface area (Å²) in [4.78, 5) is 2.24. The van der Waals surface area contributed by atoms with E-state index in [1.165, 1.54) is 16.7 Å². The van der Waals surface area contributed by atoms with Crippen molar-refractivity contribution in [2.24, 2.45) is 7.05 Å². The Hall–Kier alpha value is -1.85. The summed E-state index contributed by atoms with van der Waals surface area (Å²) in [6, 6.07) is 7.17. The number of aryl methyl sites for hydroxylation is 2. The first-order valence-corrected chi connectivity index (χ1v) is 8.66. The molecule has 1 aliphatic heterocycles. The molecule has 1 N–H and O–H groups in total. The minimum absolute atomic E-state index is 0.303. The summed E-state index contributed by atoms with van der Waals surface area (Å²) in [6.07, 6.45) is 6.23.